The summed E-state index contributed by atoms with van der Waals surface area (Å²) in [6, 6.07) is 12.7. The van der Waals surface area contributed by atoms with Crippen molar-refractivity contribution in [2.24, 2.45) is 0 Å². The molecular formula is C16H15IN2O2. The predicted octanol–water partition coefficient (Wildman–Crippen LogP) is 3.81. The summed E-state index contributed by atoms with van der Waals surface area (Å²) >= 11 is 2.15. The summed E-state index contributed by atoms with van der Waals surface area (Å²) in [5, 5.41) is 5.52. The SMILES string of the molecule is CC(=O)Nc1cccc(NC(=O)c2ccc(C)cc2I)c1. The molecule has 0 saturated heterocycles. The number of anilines is 2. The molecule has 0 aliphatic carbocycles. The minimum atomic E-state index is -0.167. The molecular weight excluding hydrogens is 379 g/mol. The molecule has 0 atom stereocenters. The number of halogens is 1. The molecule has 21 heavy (non-hydrogen) atoms. The fourth-order valence-corrected chi connectivity index (χ4v) is 2.80. The molecule has 0 unspecified atom stereocenters. The number of carbonyl (C=O) groups is 2. The highest BCUT2D eigenvalue weighted by molar-refractivity contribution is 14.1. The molecule has 0 aliphatic rings. The molecule has 108 valence electrons. The summed E-state index contributed by atoms with van der Waals surface area (Å²) in [5.74, 6) is -0.314. The van der Waals surface area contributed by atoms with E-state index in [1.165, 1.54) is 6.92 Å². The van der Waals surface area contributed by atoms with E-state index in [2.05, 4.69) is 33.2 Å². The third-order valence-electron chi connectivity index (χ3n) is 2.81. The molecule has 2 N–H and O–H groups in total. The maximum Gasteiger partial charge on any atom is 0.256 e. The van der Waals surface area contributed by atoms with Crippen LogP contribution in [0.2, 0.25) is 0 Å². The van der Waals surface area contributed by atoms with Crippen LogP contribution in [-0.2, 0) is 4.79 Å². The van der Waals surface area contributed by atoms with E-state index < -0.39 is 0 Å². The van der Waals surface area contributed by atoms with Gasteiger partial charge in [0.15, 0.2) is 0 Å². The van der Waals surface area contributed by atoms with Crippen LogP contribution < -0.4 is 10.6 Å². The van der Waals surface area contributed by atoms with Crippen LogP contribution in [-0.4, -0.2) is 11.8 Å². The first-order valence-electron chi connectivity index (χ1n) is 6.41. The van der Waals surface area contributed by atoms with Crippen LogP contribution in [0.1, 0.15) is 22.8 Å². The molecule has 5 heteroatoms. The molecule has 0 aromatic heterocycles. The lowest BCUT2D eigenvalue weighted by Gasteiger charge is -2.09. The number of hydrogen-bond acceptors (Lipinski definition) is 2. The molecule has 0 heterocycles. The Morgan fingerprint density at radius 1 is 1.00 bits per heavy atom. The Labute approximate surface area is 137 Å². The van der Waals surface area contributed by atoms with Gasteiger partial charge in [-0.05, 0) is 59.8 Å². The van der Waals surface area contributed by atoms with Crippen molar-refractivity contribution >= 4 is 45.8 Å². The van der Waals surface area contributed by atoms with Crippen molar-refractivity contribution in [2.75, 3.05) is 10.6 Å². The van der Waals surface area contributed by atoms with Gasteiger partial charge in [0.2, 0.25) is 5.91 Å². The molecule has 2 aromatic rings. The van der Waals surface area contributed by atoms with Crippen LogP contribution in [0.5, 0.6) is 0 Å². The van der Waals surface area contributed by atoms with Gasteiger partial charge in [-0.25, -0.2) is 0 Å². The van der Waals surface area contributed by atoms with Crippen molar-refractivity contribution in [3.8, 4) is 0 Å². The van der Waals surface area contributed by atoms with Crippen molar-refractivity contribution in [1.82, 2.24) is 0 Å². The molecule has 0 fully saturated rings. The Morgan fingerprint density at radius 3 is 2.29 bits per heavy atom. The summed E-state index contributed by atoms with van der Waals surface area (Å²) < 4.78 is 0.906. The highest BCUT2D eigenvalue weighted by atomic mass is 127. The lowest BCUT2D eigenvalue weighted by Crippen LogP contribution is -2.14. The summed E-state index contributed by atoms with van der Waals surface area (Å²) in [6.45, 7) is 3.43. The average Bonchev–Trinajstić information content (AvgIpc) is 2.37. The molecule has 0 bridgehead atoms. The zero-order chi connectivity index (χ0) is 15.4. The number of rotatable bonds is 3. The number of hydrogen-bond donors (Lipinski definition) is 2. The smallest absolute Gasteiger partial charge is 0.256 e. The van der Waals surface area contributed by atoms with Crippen LogP contribution in [0.25, 0.3) is 0 Å². The monoisotopic (exact) mass is 394 g/mol. The highest BCUT2D eigenvalue weighted by Gasteiger charge is 2.10. The third kappa shape index (κ3) is 4.29. The topological polar surface area (TPSA) is 58.2 Å². The number of benzene rings is 2. The van der Waals surface area contributed by atoms with Crippen LogP contribution in [0, 0.1) is 10.5 Å². The maximum atomic E-state index is 12.3. The van der Waals surface area contributed by atoms with Gasteiger partial charge in [-0.2, -0.15) is 0 Å². The van der Waals surface area contributed by atoms with Gasteiger partial charge in [0.05, 0.1) is 5.56 Å². The largest absolute Gasteiger partial charge is 0.326 e. The summed E-state index contributed by atoms with van der Waals surface area (Å²) in [4.78, 5) is 23.3. The van der Waals surface area contributed by atoms with Crippen molar-refractivity contribution in [2.45, 2.75) is 13.8 Å². The summed E-state index contributed by atoms with van der Waals surface area (Å²) in [6.07, 6.45) is 0. The molecule has 4 nitrogen and oxygen atoms in total. The van der Waals surface area contributed by atoms with Crippen molar-refractivity contribution in [1.29, 1.82) is 0 Å². The van der Waals surface area contributed by atoms with Gasteiger partial charge in [0.25, 0.3) is 5.91 Å². The minimum Gasteiger partial charge on any atom is -0.326 e. The van der Waals surface area contributed by atoms with Gasteiger partial charge >= 0.3 is 0 Å². The van der Waals surface area contributed by atoms with E-state index in [1.807, 2.05) is 25.1 Å². The molecule has 2 rings (SSSR count). The molecule has 2 amide bonds. The van der Waals surface area contributed by atoms with Crippen molar-refractivity contribution in [3.63, 3.8) is 0 Å². The second-order valence-electron chi connectivity index (χ2n) is 4.70. The second-order valence-corrected chi connectivity index (χ2v) is 5.86. The number of amides is 2. The molecule has 0 aliphatic heterocycles. The normalized spacial score (nSPS) is 10.0. The quantitative estimate of drug-likeness (QED) is 0.778. The Balaban J connectivity index is 2.17. The molecule has 0 radical (unpaired) electrons. The highest BCUT2D eigenvalue weighted by Crippen LogP contribution is 2.19. The zero-order valence-corrected chi connectivity index (χ0v) is 13.9. The maximum absolute atomic E-state index is 12.3. The fourth-order valence-electron chi connectivity index (χ4n) is 1.88. The Bertz CT molecular complexity index is 698. The Hall–Kier alpha value is -1.89. The van der Waals surface area contributed by atoms with Crippen LogP contribution >= 0.6 is 22.6 Å². The van der Waals surface area contributed by atoms with Gasteiger partial charge < -0.3 is 10.6 Å². The number of nitrogens with one attached hydrogen (secondary N) is 2. The van der Waals surface area contributed by atoms with E-state index in [0.717, 1.165) is 9.13 Å². The first kappa shape index (κ1) is 15.5. The van der Waals surface area contributed by atoms with E-state index in [1.54, 1.807) is 24.3 Å². The summed E-state index contributed by atoms with van der Waals surface area (Å²) in [5.41, 5.74) is 3.04. The van der Waals surface area contributed by atoms with Crippen LogP contribution in [0.15, 0.2) is 42.5 Å². The van der Waals surface area contributed by atoms with E-state index in [0.29, 0.717) is 16.9 Å². The van der Waals surface area contributed by atoms with E-state index in [9.17, 15) is 9.59 Å². The fraction of sp³-hybridized carbons (Fsp3) is 0.125. The molecule has 2 aromatic carbocycles. The third-order valence-corrected chi connectivity index (χ3v) is 3.70. The van der Waals surface area contributed by atoms with E-state index in [4.69, 9.17) is 0 Å². The van der Waals surface area contributed by atoms with Crippen molar-refractivity contribution < 1.29 is 9.59 Å². The van der Waals surface area contributed by atoms with E-state index >= 15 is 0 Å². The zero-order valence-electron chi connectivity index (χ0n) is 11.7. The first-order valence-corrected chi connectivity index (χ1v) is 7.49. The van der Waals surface area contributed by atoms with Crippen LogP contribution in [0.3, 0.4) is 0 Å². The predicted molar refractivity (Wildman–Crippen MR) is 92.6 cm³/mol. The Kier molecular flexibility index (Phi) is 4.95. The standard InChI is InChI=1S/C16H15IN2O2/c1-10-6-7-14(15(17)8-10)16(21)19-13-5-3-4-12(9-13)18-11(2)20/h3-9H,1-2H3,(H,18,20)(H,19,21). The van der Waals surface area contributed by atoms with Gasteiger partial charge in [0, 0.05) is 21.9 Å². The van der Waals surface area contributed by atoms with Crippen LogP contribution in [0.4, 0.5) is 11.4 Å². The second kappa shape index (κ2) is 6.71. The molecule has 0 saturated carbocycles. The Morgan fingerprint density at radius 2 is 1.67 bits per heavy atom. The molecule has 0 spiro atoms. The lowest BCUT2D eigenvalue weighted by atomic mass is 10.1. The van der Waals surface area contributed by atoms with Crippen molar-refractivity contribution in [3.05, 3.63) is 57.2 Å². The minimum absolute atomic E-state index is 0.147. The number of carbonyl (C=O) groups excluding carboxylic acids is 2. The van der Waals surface area contributed by atoms with Gasteiger partial charge in [0.1, 0.15) is 0 Å². The average molecular weight is 394 g/mol. The summed E-state index contributed by atoms with van der Waals surface area (Å²) in [7, 11) is 0. The van der Waals surface area contributed by atoms with E-state index in [-0.39, 0.29) is 11.8 Å². The lowest BCUT2D eigenvalue weighted by molar-refractivity contribution is -0.114. The van der Waals surface area contributed by atoms with Gasteiger partial charge in [-0.1, -0.05) is 17.7 Å². The van der Waals surface area contributed by atoms with Gasteiger partial charge in [-0.3, -0.25) is 9.59 Å². The van der Waals surface area contributed by atoms with Gasteiger partial charge in [-0.15, -0.1) is 0 Å². The first-order chi connectivity index (χ1) is 9.95. The number of aryl methyl sites for hydroxylation is 1.